The SMILES string of the molecule is CC(C)=CCC(C)(C)C(C)O.O=CO. The van der Waals surface area contributed by atoms with Crippen molar-refractivity contribution in [2.45, 2.75) is 47.1 Å². The van der Waals surface area contributed by atoms with Gasteiger partial charge in [-0.2, -0.15) is 0 Å². The van der Waals surface area contributed by atoms with Crippen LogP contribution in [-0.2, 0) is 4.79 Å². The molecule has 2 N–H and O–H groups in total. The molecule has 0 aromatic rings. The van der Waals surface area contributed by atoms with Crippen molar-refractivity contribution in [3.63, 3.8) is 0 Å². The van der Waals surface area contributed by atoms with Gasteiger partial charge < -0.3 is 10.2 Å². The second-order valence-corrected chi connectivity index (χ2v) is 4.26. The molecular weight excluding hydrogens is 180 g/mol. The second-order valence-electron chi connectivity index (χ2n) is 4.26. The standard InChI is InChI=1S/C10H20O.CH2O2/c1-8(2)6-7-10(4,5)9(3)11;2-1-3/h6,9,11H,7H2,1-5H3;1H,(H,2,3). The molecule has 0 aliphatic carbocycles. The summed E-state index contributed by atoms with van der Waals surface area (Å²) in [6.45, 7) is 9.92. The Balaban J connectivity index is 0. The molecule has 14 heavy (non-hydrogen) atoms. The number of aliphatic hydroxyl groups excluding tert-OH is 1. The first kappa shape index (κ1) is 15.6. The lowest BCUT2D eigenvalue weighted by molar-refractivity contribution is -0.122. The van der Waals surface area contributed by atoms with E-state index >= 15 is 0 Å². The average Bonchev–Trinajstić information content (AvgIpc) is 2.02. The molecule has 0 saturated carbocycles. The average molecular weight is 202 g/mol. The fraction of sp³-hybridized carbons (Fsp3) is 0.727. The highest BCUT2D eigenvalue weighted by Crippen LogP contribution is 2.25. The maximum Gasteiger partial charge on any atom is 0.290 e. The summed E-state index contributed by atoms with van der Waals surface area (Å²) in [5, 5.41) is 16.3. The molecule has 0 bridgehead atoms. The molecule has 84 valence electrons. The lowest BCUT2D eigenvalue weighted by atomic mass is 9.83. The number of rotatable bonds is 3. The smallest absolute Gasteiger partial charge is 0.290 e. The van der Waals surface area contributed by atoms with Crippen LogP contribution in [0.1, 0.15) is 41.0 Å². The van der Waals surface area contributed by atoms with Crippen LogP contribution in [0.15, 0.2) is 11.6 Å². The van der Waals surface area contributed by atoms with E-state index in [9.17, 15) is 5.11 Å². The molecule has 0 rings (SSSR count). The van der Waals surface area contributed by atoms with Crippen LogP contribution in [-0.4, -0.2) is 22.8 Å². The van der Waals surface area contributed by atoms with Crippen molar-refractivity contribution in [3.8, 4) is 0 Å². The van der Waals surface area contributed by atoms with Crippen LogP contribution in [0, 0.1) is 5.41 Å². The van der Waals surface area contributed by atoms with Crippen LogP contribution in [0.3, 0.4) is 0 Å². The summed E-state index contributed by atoms with van der Waals surface area (Å²) in [6, 6.07) is 0. The predicted octanol–water partition coefficient (Wildman–Crippen LogP) is 2.45. The first-order chi connectivity index (χ1) is 6.27. The summed E-state index contributed by atoms with van der Waals surface area (Å²) in [4.78, 5) is 8.36. The van der Waals surface area contributed by atoms with Gasteiger partial charge in [0.2, 0.25) is 0 Å². The van der Waals surface area contributed by atoms with E-state index in [1.807, 2.05) is 6.92 Å². The molecule has 0 aliphatic heterocycles. The third-order valence-corrected chi connectivity index (χ3v) is 2.17. The van der Waals surface area contributed by atoms with E-state index in [1.54, 1.807) is 0 Å². The molecule has 3 heteroatoms. The maximum atomic E-state index is 9.36. The minimum absolute atomic E-state index is 0.0112. The van der Waals surface area contributed by atoms with Crippen LogP contribution in [0.25, 0.3) is 0 Å². The van der Waals surface area contributed by atoms with Crippen LogP contribution >= 0.6 is 0 Å². The number of carboxylic acid groups (broad SMARTS) is 1. The van der Waals surface area contributed by atoms with Crippen molar-refractivity contribution in [2.75, 3.05) is 0 Å². The quantitative estimate of drug-likeness (QED) is 0.546. The van der Waals surface area contributed by atoms with Crippen molar-refractivity contribution in [1.82, 2.24) is 0 Å². The highest BCUT2D eigenvalue weighted by atomic mass is 16.3. The molecule has 0 heterocycles. The van der Waals surface area contributed by atoms with Gasteiger partial charge in [0.15, 0.2) is 0 Å². The molecule has 0 aromatic heterocycles. The number of hydrogen-bond donors (Lipinski definition) is 2. The summed E-state index contributed by atoms with van der Waals surface area (Å²) in [5.41, 5.74) is 1.33. The van der Waals surface area contributed by atoms with Gasteiger partial charge in [0.1, 0.15) is 0 Å². The Bertz CT molecular complexity index is 177. The van der Waals surface area contributed by atoms with E-state index in [2.05, 4.69) is 33.8 Å². The summed E-state index contributed by atoms with van der Waals surface area (Å²) in [5.74, 6) is 0. The number of carbonyl (C=O) groups is 1. The predicted molar refractivity (Wildman–Crippen MR) is 58.2 cm³/mol. The molecule has 1 unspecified atom stereocenters. The van der Waals surface area contributed by atoms with Gasteiger partial charge in [-0.3, -0.25) is 4.79 Å². The van der Waals surface area contributed by atoms with E-state index in [1.165, 1.54) is 5.57 Å². The van der Waals surface area contributed by atoms with Crippen LogP contribution in [0.2, 0.25) is 0 Å². The molecule has 0 spiro atoms. The Morgan fingerprint density at radius 1 is 1.43 bits per heavy atom. The van der Waals surface area contributed by atoms with Crippen molar-refractivity contribution in [2.24, 2.45) is 5.41 Å². The summed E-state index contributed by atoms with van der Waals surface area (Å²) >= 11 is 0. The zero-order valence-electron chi connectivity index (χ0n) is 9.74. The Labute approximate surface area is 86.5 Å². The monoisotopic (exact) mass is 202 g/mol. The van der Waals surface area contributed by atoms with Crippen LogP contribution < -0.4 is 0 Å². The lowest BCUT2D eigenvalue weighted by Crippen LogP contribution is -2.25. The van der Waals surface area contributed by atoms with Crippen molar-refractivity contribution in [3.05, 3.63) is 11.6 Å². The topological polar surface area (TPSA) is 57.5 Å². The molecule has 0 fully saturated rings. The largest absolute Gasteiger partial charge is 0.483 e. The molecule has 0 aliphatic rings. The van der Waals surface area contributed by atoms with Crippen LogP contribution in [0.5, 0.6) is 0 Å². The third kappa shape index (κ3) is 9.26. The van der Waals surface area contributed by atoms with E-state index in [0.717, 1.165) is 6.42 Å². The first-order valence-corrected chi connectivity index (χ1v) is 4.67. The van der Waals surface area contributed by atoms with Crippen LogP contribution in [0.4, 0.5) is 0 Å². The zero-order chi connectivity index (χ0) is 11.8. The van der Waals surface area contributed by atoms with Gasteiger partial charge in [-0.1, -0.05) is 25.5 Å². The number of allylic oxidation sites excluding steroid dienone is 2. The van der Waals surface area contributed by atoms with E-state index in [-0.39, 0.29) is 18.0 Å². The van der Waals surface area contributed by atoms with E-state index in [0.29, 0.717) is 0 Å². The fourth-order valence-corrected chi connectivity index (χ4v) is 0.638. The minimum Gasteiger partial charge on any atom is -0.483 e. The summed E-state index contributed by atoms with van der Waals surface area (Å²) < 4.78 is 0. The lowest BCUT2D eigenvalue weighted by Gasteiger charge is -2.26. The van der Waals surface area contributed by atoms with Gasteiger partial charge in [0, 0.05) is 0 Å². The number of aliphatic hydroxyl groups is 1. The Hall–Kier alpha value is -0.830. The van der Waals surface area contributed by atoms with Crippen molar-refractivity contribution < 1.29 is 15.0 Å². The van der Waals surface area contributed by atoms with E-state index in [4.69, 9.17) is 9.90 Å². The molecular formula is C11H22O3. The Morgan fingerprint density at radius 2 is 1.79 bits per heavy atom. The molecule has 0 aromatic carbocycles. The fourth-order valence-electron chi connectivity index (χ4n) is 0.638. The van der Waals surface area contributed by atoms with Gasteiger partial charge in [0.25, 0.3) is 6.47 Å². The normalized spacial score (nSPS) is 12.1. The first-order valence-electron chi connectivity index (χ1n) is 4.67. The second kappa shape index (κ2) is 7.56. The molecule has 1 atom stereocenters. The Kier molecular flexibility index (Phi) is 8.44. The minimum atomic E-state index is -0.250. The third-order valence-electron chi connectivity index (χ3n) is 2.17. The summed E-state index contributed by atoms with van der Waals surface area (Å²) in [6.07, 6.45) is 2.89. The van der Waals surface area contributed by atoms with Gasteiger partial charge >= 0.3 is 0 Å². The highest BCUT2D eigenvalue weighted by molar-refractivity contribution is 5.32. The van der Waals surface area contributed by atoms with Gasteiger partial charge in [-0.25, -0.2) is 0 Å². The van der Waals surface area contributed by atoms with Crippen molar-refractivity contribution in [1.29, 1.82) is 0 Å². The molecule has 0 saturated heterocycles. The van der Waals surface area contributed by atoms with Crippen molar-refractivity contribution >= 4 is 6.47 Å². The maximum absolute atomic E-state index is 9.36. The van der Waals surface area contributed by atoms with E-state index < -0.39 is 0 Å². The van der Waals surface area contributed by atoms with Gasteiger partial charge in [0.05, 0.1) is 6.10 Å². The Morgan fingerprint density at radius 3 is 2.00 bits per heavy atom. The van der Waals surface area contributed by atoms with Gasteiger partial charge in [-0.15, -0.1) is 0 Å². The van der Waals surface area contributed by atoms with Gasteiger partial charge in [-0.05, 0) is 32.6 Å². The number of hydrogen-bond acceptors (Lipinski definition) is 2. The molecule has 0 radical (unpaired) electrons. The molecule has 0 amide bonds. The zero-order valence-corrected chi connectivity index (χ0v) is 9.74. The summed E-state index contributed by atoms with van der Waals surface area (Å²) in [7, 11) is 0. The molecule has 3 nitrogen and oxygen atoms in total. The highest BCUT2D eigenvalue weighted by Gasteiger charge is 2.22.